The maximum atomic E-state index is 13.5. The molecule has 1 saturated heterocycles. The first-order chi connectivity index (χ1) is 14.2. The van der Waals surface area contributed by atoms with E-state index in [-0.39, 0.29) is 36.1 Å². The summed E-state index contributed by atoms with van der Waals surface area (Å²) in [6, 6.07) is 7.98. The van der Waals surface area contributed by atoms with Gasteiger partial charge in [-0.05, 0) is 39.8 Å². The number of carbonyl (C=O) groups excluding carboxylic acids is 3. The minimum Gasteiger partial charge on any atom is -0.461 e. The predicted octanol–water partition coefficient (Wildman–Crippen LogP) is 2.00. The van der Waals surface area contributed by atoms with Gasteiger partial charge in [-0.25, -0.2) is 4.79 Å². The minimum atomic E-state index is -0.699. The molecule has 0 radical (unpaired) electrons. The summed E-state index contributed by atoms with van der Waals surface area (Å²) in [6.45, 7) is 7.69. The number of para-hydroxylation sites is 1. The SMILES string of the molecule is CCOC(=O)C1=NN(c2ccccc2)C(C(=O)N2CSCC2C(=O)NC(C)(C)C)C1. The number of anilines is 1. The van der Waals surface area contributed by atoms with Crippen LogP contribution in [0.5, 0.6) is 0 Å². The van der Waals surface area contributed by atoms with Gasteiger partial charge in [-0.1, -0.05) is 18.2 Å². The van der Waals surface area contributed by atoms with Gasteiger partial charge in [0.1, 0.15) is 17.8 Å². The molecule has 9 heteroatoms. The average Bonchev–Trinajstić information content (AvgIpc) is 3.35. The normalized spacial score (nSPS) is 21.4. The zero-order chi connectivity index (χ0) is 21.9. The zero-order valence-electron chi connectivity index (χ0n) is 17.8. The number of carbonyl (C=O) groups is 3. The van der Waals surface area contributed by atoms with Gasteiger partial charge in [0.2, 0.25) is 11.8 Å². The van der Waals surface area contributed by atoms with Crippen LogP contribution in [0.15, 0.2) is 35.4 Å². The lowest BCUT2D eigenvalue weighted by Gasteiger charge is -2.31. The van der Waals surface area contributed by atoms with E-state index in [0.29, 0.717) is 17.3 Å². The number of esters is 1. The third-order valence-corrected chi connectivity index (χ3v) is 5.71. The maximum Gasteiger partial charge on any atom is 0.354 e. The van der Waals surface area contributed by atoms with Crippen molar-refractivity contribution < 1.29 is 19.1 Å². The molecule has 2 heterocycles. The van der Waals surface area contributed by atoms with Gasteiger partial charge in [-0.2, -0.15) is 5.10 Å². The number of thioether (sulfide) groups is 1. The Morgan fingerprint density at radius 2 is 1.90 bits per heavy atom. The molecule has 162 valence electrons. The van der Waals surface area contributed by atoms with Crippen LogP contribution in [0.3, 0.4) is 0 Å². The summed E-state index contributed by atoms with van der Waals surface area (Å²) in [5.74, 6) is 0.0517. The molecule has 2 atom stereocenters. The molecule has 0 spiro atoms. The first kappa shape index (κ1) is 22.1. The molecule has 3 rings (SSSR count). The van der Waals surface area contributed by atoms with E-state index < -0.39 is 18.1 Å². The molecule has 1 aromatic carbocycles. The lowest BCUT2D eigenvalue weighted by atomic mass is 10.1. The fourth-order valence-electron chi connectivity index (χ4n) is 3.38. The van der Waals surface area contributed by atoms with E-state index in [1.165, 1.54) is 0 Å². The number of rotatable bonds is 5. The number of nitrogens with zero attached hydrogens (tertiary/aromatic N) is 3. The summed E-state index contributed by atoms with van der Waals surface area (Å²) in [7, 11) is 0. The molecule has 2 unspecified atom stereocenters. The van der Waals surface area contributed by atoms with E-state index in [0.717, 1.165) is 0 Å². The van der Waals surface area contributed by atoms with E-state index >= 15 is 0 Å². The standard InChI is InChI=1S/C21H28N4O4S/c1-5-29-20(28)15-11-16(25(23-15)14-9-7-6-8-10-14)19(27)24-13-30-12-17(24)18(26)22-21(2,3)4/h6-10,16-17H,5,11-13H2,1-4H3,(H,22,26). The summed E-state index contributed by atoms with van der Waals surface area (Å²) >= 11 is 1.54. The second-order valence-electron chi connectivity index (χ2n) is 8.23. The summed E-state index contributed by atoms with van der Waals surface area (Å²) in [6.07, 6.45) is 0.140. The first-order valence-corrected chi connectivity index (χ1v) is 11.2. The van der Waals surface area contributed by atoms with E-state index in [4.69, 9.17) is 4.74 Å². The van der Waals surface area contributed by atoms with E-state index in [1.807, 2.05) is 51.1 Å². The molecule has 2 aliphatic rings. The van der Waals surface area contributed by atoms with Gasteiger partial charge in [0.05, 0.1) is 18.2 Å². The Morgan fingerprint density at radius 3 is 2.53 bits per heavy atom. The van der Waals surface area contributed by atoms with Crippen molar-refractivity contribution in [3.8, 4) is 0 Å². The van der Waals surface area contributed by atoms with Crippen molar-refractivity contribution in [2.75, 3.05) is 23.2 Å². The Kier molecular flexibility index (Phi) is 6.70. The zero-order valence-corrected chi connectivity index (χ0v) is 18.6. The van der Waals surface area contributed by atoms with Gasteiger partial charge in [0.15, 0.2) is 0 Å². The Bertz CT molecular complexity index is 837. The molecule has 2 amide bonds. The molecule has 0 aromatic heterocycles. The van der Waals surface area contributed by atoms with E-state index in [1.54, 1.807) is 28.6 Å². The molecule has 2 aliphatic heterocycles. The largest absolute Gasteiger partial charge is 0.461 e. The highest BCUT2D eigenvalue weighted by Crippen LogP contribution is 2.30. The van der Waals surface area contributed by atoms with Crippen molar-refractivity contribution in [3.05, 3.63) is 30.3 Å². The first-order valence-electron chi connectivity index (χ1n) is 10.0. The van der Waals surface area contributed by atoms with Crippen molar-refractivity contribution in [3.63, 3.8) is 0 Å². The summed E-state index contributed by atoms with van der Waals surface area (Å²) in [4.78, 5) is 40.1. The average molecular weight is 433 g/mol. The van der Waals surface area contributed by atoms with Crippen LogP contribution >= 0.6 is 11.8 Å². The van der Waals surface area contributed by atoms with E-state index in [2.05, 4.69) is 10.4 Å². The molecule has 0 bridgehead atoms. The summed E-state index contributed by atoms with van der Waals surface area (Å²) in [5.41, 5.74) is 0.530. The number of hydrazone groups is 1. The molecular weight excluding hydrogens is 404 g/mol. The highest BCUT2D eigenvalue weighted by Gasteiger charge is 2.44. The van der Waals surface area contributed by atoms with Crippen molar-refractivity contribution in [1.82, 2.24) is 10.2 Å². The lowest BCUT2D eigenvalue weighted by Crippen LogP contribution is -2.55. The van der Waals surface area contributed by atoms with Crippen LogP contribution in [0.4, 0.5) is 5.69 Å². The van der Waals surface area contributed by atoms with Gasteiger partial charge >= 0.3 is 5.97 Å². The number of amides is 2. The Balaban J connectivity index is 1.84. The maximum absolute atomic E-state index is 13.5. The third-order valence-electron chi connectivity index (χ3n) is 4.69. The van der Waals surface area contributed by atoms with Crippen molar-refractivity contribution in [1.29, 1.82) is 0 Å². The minimum absolute atomic E-state index is 0.140. The molecule has 8 nitrogen and oxygen atoms in total. The molecule has 1 N–H and O–H groups in total. The van der Waals surface area contributed by atoms with Crippen molar-refractivity contribution in [2.45, 2.75) is 51.7 Å². The number of benzene rings is 1. The second kappa shape index (κ2) is 9.07. The molecule has 1 aromatic rings. The van der Waals surface area contributed by atoms with Crippen LogP contribution < -0.4 is 10.3 Å². The number of ether oxygens (including phenoxy) is 1. The highest BCUT2D eigenvalue weighted by atomic mass is 32.2. The molecule has 30 heavy (non-hydrogen) atoms. The van der Waals surface area contributed by atoms with Gasteiger partial charge in [-0.3, -0.25) is 14.6 Å². The molecule has 1 fully saturated rings. The summed E-state index contributed by atoms with van der Waals surface area (Å²) in [5, 5.41) is 8.93. The van der Waals surface area contributed by atoms with Crippen LogP contribution in [0.2, 0.25) is 0 Å². The van der Waals surface area contributed by atoms with Crippen LogP contribution in [0.1, 0.15) is 34.1 Å². The Morgan fingerprint density at radius 1 is 1.20 bits per heavy atom. The quantitative estimate of drug-likeness (QED) is 0.716. The second-order valence-corrected chi connectivity index (χ2v) is 9.23. The highest BCUT2D eigenvalue weighted by molar-refractivity contribution is 7.99. The monoisotopic (exact) mass is 432 g/mol. The van der Waals surface area contributed by atoms with Crippen molar-refractivity contribution >= 4 is 40.9 Å². The smallest absolute Gasteiger partial charge is 0.354 e. The van der Waals surface area contributed by atoms with Gasteiger partial charge < -0.3 is 15.0 Å². The van der Waals surface area contributed by atoms with Gasteiger partial charge in [-0.15, -0.1) is 11.8 Å². The molecule has 0 saturated carbocycles. The Hall–Kier alpha value is -2.55. The number of hydrogen-bond donors (Lipinski definition) is 1. The van der Waals surface area contributed by atoms with Gasteiger partial charge in [0.25, 0.3) is 0 Å². The number of nitrogens with one attached hydrogen (secondary N) is 1. The fraction of sp³-hybridized carbons (Fsp3) is 0.524. The number of hydrogen-bond acceptors (Lipinski definition) is 7. The van der Waals surface area contributed by atoms with Crippen LogP contribution in [-0.4, -0.2) is 64.3 Å². The topological polar surface area (TPSA) is 91.3 Å². The van der Waals surface area contributed by atoms with E-state index in [9.17, 15) is 14.4 Å². The predicted molar refractivity (Wildman–Crippen MR) is 117 cm³/mol. The van der Waals surface area contributed by atoms with Crippen LogP contribution in [-0.2, 0) is 19.1 Å². The third kappa shape index (κ3) is 4.95. The van der Waals surface area contributed by atoms with Crippen LogP contribution in [0.25, 0.3) is 0 Å². The molecule has 0 aliphatic carbocycles. The van der Waals surface area contributed by atoms with Gasteiger partial charge in [0, 0.05) is 17.7 Å². The lowest BCUT2D eigenvalue weighted by molar-refractivity contribution is -0.139. The summed E-state index contributed by atoms with van der Waals surface area (Å²) < 4.78 is 5.09. The Labute approximate surface area is 181 Å². The van der Waals surface area contributed by atoms with Crippen molar-refractivity contribution in [2.24, 2.45) is 5.10 Å². The molecular formula is C21H28N4O4S. The fourth-order valence-corrected chi connectivity index (χ4v) is 4.54. The van der Waals surface area contributed by atoms with Crippen LogP contribution in [0, 0.1) is 0 Å².